The summed E-state index contributed by atoms with van der Waals surface area (Å²) in [5.41, 5.74) is 2.15. The van der Waals surface area contributed by atoms with Gasteiger partial charge in [0.25, 0.3) is 5.91 Å². The molecule has 1 unspecified atom stereocenters. The monoisotopic (exact) mass is 446 g/mol. The minimum atomic E-state index is -1.07. The fourth-order valence-electron chi connectivity index (χ4n) is 3.35. The van der Waals surface area contributed by atoms with E-state index in [0.29, 0.717) is 47.2 Å². The van der Waals surface area contributed by atoms with Gasteiger partial charge in [0.15, 0.2) is 17.6 Å². The first-order valence-electron chi connectivity index (χ1n) is 10.4. The summed E-state index contributed by atoms with van der Waals surface area (Å²) in [6.45, 7) is 2.59. The number of amides is 1. The number of hydrogen-bond acceptors (Lipinski definition) is 7. The van der Waals surface area contributed by atoms with Crippen LogP contribution in [-0.4, -0.2) is 41.0 Å². The van der Waals surface area contributed by atoms with E-state index in [-0.39, 0.29) is 5.56 Å². The molecular weight excluding hydrogens is 424 g/mol. The first kappa shape index (κ1) is 21.9. The lowest BCUT2D eigenvalue weighted by Crippen LogP contribution is -2.30. The lowest BCUT2D eigenvalue weighted by Gasteiger charge is -2.14. The van der Waals surface area contributed by atoms with Gasteiger partial charge in [-0.05, 0) is 43.3 Å². The SMILES string of the molecule is CC(OC(=O)c1cn(C)nc1-c1ccc2c(c1)OCCCO2)C(=O)Nc1cccc(C#N)c1. The van der Waals surface area contributed by atoms with Crippen molar-refractivity contribution in [2.24, 2.45) is 7.05 Å². The second kappa shape index (κ2) is 9.44. The number of fused-ring (bicyclic) bond motifs is 1. The molecule has 0 spiro atoms. The molecule has 33 heavy (non-hydrogen) atoms. The highest BCUT2D eigenvalue weighted by atomic mass is 16.5. The lowest BCUT2D eigenvalue weighted by molar-refractivity contribution is -0.123. The summed E-state index contributed by atoms with van der Waals surface area (Å²) in [6.07, 6.45) is 1.26. The minimum Gasteiger partial charge on any atom is -0.490 e. The molecule has 0 saturated heterocycles. The minimum absolute atomic E-state index is 0.220. The van der Waals surface area contributed by atoms with E-state index in [1.54, 1.807) is 49.6 Å². The molecular formula is C24H22N4O5. The van der Waals surface area contributed by atoms with Crippen LogP contribution in [0.3, 0.4) is 0 Å². The first-order chi connectivity index (χ1) is 15.9. The van der Waals surface area contributed by atoms with Gasteiger partial charge in [-0.3, -0.25) is 9.48 Å². The quantitative estimate of drug-likeness (QED) is 0.598. The number of nitrogens with one attached hydrogen (secondary N) is 1. The average molecular weight is 446 g/mol. The number of ether oxygens (including phenoxy) is 3. The summed E-state index contributed by atoms with van der Waals surface area (Å²) in [5, 5.41) is 16.0. The maximum atomic E-state index is 12.9. The molecule has 1 atom stereocenters. The van der Waals surface area contributed by atoms with Gasteiger partial charge in [0.05, 0.1) is 24.8 Å². The van der Waals surface area contributed by atoms with Gasteiger partial charge in [-0.1, -0.05) is 6.07 Å². The van der Waals surface area contributed by atoms with Crippen molar-refractivity contribution in [1.82, 2.24) is 9.78 Å². The molecule has 1 aromatic heterocycles. The Morgan fingerprint density at radius 2 is 1.97 bits per heavy atom. The average Bonchev–Trinajstić information content (AvgIpc) is 3.05. The summed E-state index contributed by atoms with van der Waals surface area (Å²) < 4.78 is 18.3. The molecule has 2 heterocycles. The first-order valence-corrected chi connectivity index (χ1v) is 10.4. The van der Waals surface area contributed by atoms with E-state index in [1.807, 2.05) is 6.07 Å². The van der Waals surface area contributed by atoms with E-state index >= 15 is 0 Å². The largest absolute Gasteiger partial charge is 0.490 e. The molecule has 3 aromatic rings. The Hall–Kier alpha value is -4.32. The van der Waals surface area contributed by atoms with Crippen molar-refractivity contribution in [3.05, 3.63) is 59.8 Å². The van der Waals surface area contributed by atoms with Crippen molar-refractivity contribution >= 4 is 17.6 Å². The molecule has 1 N–H and O–H groups in total. The molecule has 9 heteroatoms. The van der Waals surface area contributed by atoms with Gasteiger partial charge in [0.2, 0.25) is 0 Å². The Morgan fingerprint density at radius 3 is 2.76 bits per heavy atom. The van der Waals surface area contributed by atoms with Crippen molar-refractivity contribution in [3.63, 3.8) is 0 Å². The zero-order valence-electron chi connectivity index (χ0n) is 18.2. The number of carbonyl (C=O) groups is 2. The van der Waals surface area contributed by atoms with Gasteiger partial charge in [0, 0.05) is 30.9 Å². The predicted octanol–water partition coefficient (Wildman–Crippen LogP) is 3.30. The van der Waals surface area contributed by atoms with Gasteiger partial charge >= 0.3 is 5.97 Å². The number of anilines is 1. The Kier molecular flexibility index (Phi) is 6.26. The maximum absolute atomic E-state index is 12.9. The highest BCUT2D eigenvalue weighted by molar-refractivity contribution is 6.00. The molecule has 1 aliphatic rings. The number of benzene rings is 2. The van der Waals surface area contributed by atoms with Crippen LogP contribution in [0, 0.1) is 11.3 Å². The second-order valence-corrected chi connectivity index (χ2v) is 7.51. The molecule has 1 aliphatic heterocycles. The van der Waals surface area contributed by atoms with Crippen molar-refractivity contribution in [2.75, 3.05) is 18.5 Å². The predicted molar refractivity (Wildman–Crippen MR) is 119 cm³/mol. The Bertz CT molecular complexity index is 1240. The zero-order chi connectivity index (χ0) is 23.4. The number of esters is 1. The molecule has 168 valence electrons. The van der Waals surface area contributed by atoms with Crippen LogP contribution in [0.15, 0.2) is 48.7 Å². The van der Waals surface area contributed by atoms with Crippen LogP contribution in [-0.2, 0) is 16.6 Å². The Balaban J connectivity index is 1.51. The van der Waals surface area contributed by atoms with Gasteiger partial charge in [0.1, 0.15) is 11.3 Å². The topological polar surface area (TPSA) is 115 Å². The zero-order valence-corrected chi connectivity index (χ0v) is 18.2. The van der Waals surface area contributed by atoms with E-state index in [1.165, 1.54) is 17.7 Å². The highest BCUT2D eigenvalue weighted by Crippen LogP contribution is 2.35. The third kappa shape index (κ3) is 4.96. The van der Waals surface area contributed by atoms with Crippen LogP contribution in [0.1, 0.15) is 29.3 Å². The number of nitriles is 1. The van der Waals surface area contributed by atoms with Crippen LogP contribution in [0.25, 0.3) is 11.3 Å². The van der Waals surface area contributed by atoms with Gasteiger partial charge in [-0.2, -0.15) is 10.4 Å². The summed E-state index contributed by atoms with van der Waals surface area (Å²) in [7, 11) is 1.70. The van der Waals surface area contributed by atoms with Gasteiger partial charge < -0.3 is 19.5 Å². The van der Waals surface area contributed by atoms with Crippen molar-refractivity contribution in [1.29, 1.82) is 5.26 Å². The lowest BCUT2D eigenvalue weighted by atomic mass is 10.1. The summed E-state index contributed by atoms with van der Waals surface area (Å²) >= 11 is 0. The van der Waals surface area contributed by atoms with Crippen LogP contribution in [0.4, 0.5) is 5.69 Å². The fraction of sp³-hybridized carbons (Fsp3) is 0.250. The molecule has 1 amide bonds. The number of aromatic nitrogens is 2. The summed E-state index contributed by atoms with van der Waals surface area (Å²) in [6, 6.07) is 13.8. The maximum Gasteiger partial charge on any atom is 0.342 e. The van der Waals surface area contributed by atoms with E-state index in [2.05, 4.69) is 10.4 Å². The van der Waals surface area contributed by atoms with Crippen LogP contribution in [0.2, 0.25) is 0 Å². The van der Waals surface area contributed by atoms with Gasteiger partial charge in [-0.25, -0.2) is 4.79 Å². The fourth-order valence-corrected chi connectivity index (χ4v) is 3.35. The highest BCUT2D eigenvalue weighted by Gasteiger charge is 2.24. The van der Waals surface area contributed by atoms with E-state index in [9.17, 15) is 9.59 Å². The molecule has 0 fully saturated rings. The smallest absolute Gasteiger partial charge is 0.342 e. The Morgan fingerprint density at radius 1 is 1.18 bits per heavy atom. The molecule has 2 aromatic carbocycles. The molecule has 9 nitrogen and oxygen atoms in total. The molecule has 0 saturated carbocycles. The number of carbonyl (C=O) groups excluding carboxylic acids is 2. The number of aryl methyl sites for hydroxylation is 1. The number of nitrogens with zero attached hydrogens (tertiary/aromatic N) is 3. The van der Waals surface area contributed by atoms with Crippen LogP contribution >= 0.6 is 0 Å². The molecule has 0 aliphatic carbocycles. The second-order valence-electron chi connectivity index (χ2n) is 7.51. The number of rotatable bonds is 5. The normalized spacial score (nSPS) is 13.4. The molecule has 4 rings (SSSR count). The standard InChI is InChI=1S/C24H22N4O5/c1-15(23(29)26-18-6-3-5-16(11-18)13-25)33-24(30)19-14-28(2)27-22(19)17-7-8-20-21(12-17)32-10-4-9-31-20/h3,5-8,11-12,14-15H,4,9-10H2,1-2H3,(H,26,29). The Labute approximate surface area is 190 Å². The van der Waals surface area contributed by atoms with Crippen molar-refractivity contribution < 1.29 is 23.8 Å². The third-order valence-corrected chi connectivity index (χ3v) is 4.98. The van der Waals surface area contributed by atoms with E-state index < -0.39 is 18.0 Å². The van der Waals surface area contributed by atoms with Crippen molar-refractivity contribution in [3.8, 4) is 28.8 Å². The third-order valence-electron chi connectivity index (χ3n) is 4.98. The van der Waals surface area contributed by atoms with Crippen LogP contribution in [0.5, 0.6) is 11.5 Å². The number of hydrogen-bond donors (Lipinski definition) is 1. The summed E-state index contributed by atoms with van der Waals surface area (Å²) in [5.74, 6) is 0.0301. The van der Waals surface area contributed by atoms with Crippen molar-refractivity contribution in [2.45, 2.75) is 19.4 Å². The molecule has 0 bridgehead atoms. The molecule has 0 radical (unpaired) electrons. The van der Waals surface area contributed by atoms with Gasteiger partial charge in [-0.15, -0.1) is 0 Å². The van der Waals surface area contributed by atoms with E-state index in [4.69, 9.17) is 19.5 Å². The van der Waals surface area contributed by atoms with Crippen LogP contribution < -0.4 is 14.8 Å². The summed E-state index contributed by atoms with van der Waals surface area (Å²) in [4.78, 5) is 25.4. The van der Waals surface area contributed by atoms with E-state index in [0.717, 1.165) is 6.42 Å².